The zero-order chi connectivity index (χ0) is 33.0. The summed E-state index contributed by atoms with van der Waals surface area (Å²) in [5.41, 5.74) is 0.917. The van der Waals surface area contributed by atoms with Gasteiger partial charge in [-0.15, -0.1) is 0 Å². The Morgan fingerprint density at radius 3 is 2.18 bits per heavy atom. The molecule has 0 radical (unpaired) electrons. The summed E-state index contributed by atoms with van der Waals surface area (Å²) in [7, 11) is 0. The van der Waals surface area contributed by atoms with E-state index in [9.17, 15) is 24.6 Å². The van der Waals surface area contributed by atoms with Crippen molar-refractivity contribution in [3.63, 3.8) is 0 Å². The Labute approximate surface area is 269 Å². The Hall–Kier alpha value is -3.04. The maximum absolute atomic E-state index is 14.0. The number of aliphatic hydroxyl groups is 2. The minimum Gasteiger partial charge on any atom is -0.390 e. The third-order valence-corrected chi connectivity index (χ3v) is 9.50. The minimum atomic E-state index is -1.14. The van der Waals surface area contributed by atoms with E-state index < -0.39 is 41.5 Å². The number of carbonyl (C=O) groups excluding carboxylic acids is 3. The number of aliphatic hydroxyl groups excluding tert-OH is 2. The second-order valence-corrected chi connectivity index (χ2v) is 14.0. The summed E-state index contributed by atoms with van der Waals surface area (Å²) in [4.78, 5) is 48.2. The minimum absolute atomic E-state index is 0.0297. The summed E-state index contributed by atoms with van der Waals surface area (Å²) in [5, 5.41) is 28.6. The van der Waals surface area contributed by atoms with Gasteiger partial charge in [0.2, 0.25) is 11.8 Å². The molecule has 2 aromatic rings. The number of carbonyl (C=O) groups is 3. The van der Waals surface area contributed by atoms with E-state index in [2.05, 4.69) is 20.6 Å². The average molecular weight is 625 g/mol. The van der Waals surface area contributed by atoms with Gasteiger partial charge in [-0.1, -0.05) is 110 Å². The summed E-state index contributed by atoms with van der Waals surface area (Å²) >= 11 is 0. The van der Waals surface area contributed by atoms with Crippen LogP contribution in [0.3, 0.4) is 0 Å². The van der Waals surface area contributed by atoms with Gasteiger partial charge in [-0.2, -0.15) is 0 Å². The molecule has 1 aromatic carbocycles. The monoisotopic (exact) mass is 624 g/mol. The average Bonchev–Trinajstić information content (AvgIpc) is 3.54. The second-order valence-electron chi connectivity index (χ2n) is 14.0. The van der Waals surface area contributed by atoms with Crippen LogP contribution in [0, 0.1) is 23.2 Å². The third-order valence-electron chi connectivity index (χ3n) is 9.50. The number of hydrogen-bond acceptors (Lipinski definition) is 6. The molecule has 5 N–H and O–H groups in total. The van der Waals surface area contributed by atoms with Gasteiger partial charge in [0.05, 0.1) is 24.2 Å². The van der Waals surface area contributed by atoms with Crippen LogP contribution in [0.5, 0.6) is 0 Å². The maximum atomic E-state index is 14.0. The summed E-state index contributed by atoms with van der Waals surface area (Å²) in [6.07, 6.45) is 9.08. The molecule has 9 nitrogen and oxygen atoms in total. The molecular formula is C36H56N4O5. The lowest BCUT2D eigenvalue weighted by Gasteiger charge is -2.35. The molecule has 1 aliphatic rings. The van der Waals surface area contributed by atoms with E-state index in [-0.39, 0.29) is 30.4 Å². The molecule has 1 unspecified atom stereocenters. The number of benzene rings is 1. The zero-order valence-corrected chi connectivity index (χ0v) is 27.9. The van der Waals surface area contributed by atoms with Gasteiger partial charge in [0.1, 0.15) is 17.9 Å². The number of nitrogens with zero attached hydrogens (tertiary/aromatic N) is 1. The molecule has 2 amide bonds. The van der Waals surface area contributed by atoms with Crippen LogP contribution in [0.15, 0.2) is 42.9 Å². The SMILES string of the molecule is CCC(CC)C(O)[C@H](O)[C@H](CC1CCCCC1)NC(=O)[C@H](Cc1c[nH]cn1)NC(=O)[C@@H](CC(=O)C(C)(C)C)Cc1ccccc1. The molecule has 0 bridgehead atoms. The maximum Gasteiger partial charge on any atom is 0.243 e. The normalized spacial score (nSPS) is 17.7. The molecule has 250 valence electrons. The largest absolute Gasteiger partial charge is 0.390 e. The van der Waals surface area contributed by atoms with Crippen LogP contribution in [-0.2, 0) is 27.2 Å². The second kappa shape index (κ2) is 17.6. The highest BCUT2D eigenvalue weighted by molar-refractivity contribution is 5.92. The first kappa shape index (κ1) is 36.4. The molecule has 0 saturated heterocycles. The highest BCUT2D eigenvalue weighted by atomic mass is 16.3. The van der Waals surface area contributed by atoms with Crippen molar-refractivity contribution in [3.05, 3.63) is 54.1 Å². The number of amides is 2. The van der Waals surface area contributed by atoms with Crippen LogP contribution in [0.25, 0.3) is 0 Å². The van der Waals surface area contributed by atoms with Crippen molar-refractivity contribution >= 4 is 17.6 Å². The first-order chi connectivity index (χ1) is 21.4. The van der Waals surface area contributed by atoms with Crippen LogP contribution in [0.2, 0.25) is 0 Å². The van der Waals surface area contributed by atoms with Crippen LogP contribution < -0.4 is 10.6 Å². The van der Waals surface area contributed by atoms with Crippen LogP contribution >= 0.6 is 0 Å². The topological polar surface area (TPSA) is 144 Å². The molecule has 1 aliphatic carbocycles. The van der Waals surface area contributed by atoms with E-state index in [4.69, 9.17) is 0 Å². The molecule has 3 rings (SSSR count). The van der Waals surface area contributed by atoms with E-state index in [1.807, 2.05) is 65.0 Å². The number of ketones is 1. The predicted octanol–water partition coefficient (Wildman–Crippen LogP) is 4.91. The number of H-pyrrole nitrogens is 1. The highest BCUT2D eigenvalue weighted by Gasteiger charge is 2.36. The fourth-order valence-corrected chi connectivity index (χ4v) is 6.43. The van der Waals surface area contributed by atoms with E-state index in [0.29, 0.717) is 37.3 Å². The molecular weight excluding hydrogens is 568 g/mol. The number of rotatable bonds is 17. The Balaban J connectivity index is 1.86. The molecule has 1 fully saturated rings. The molecule has 45 heavy (non-hydrogen) atoms. The zero-order valence-electron chi connectivity index (χ0n) is 27.9. The van der Waals surface area contributed by atoms with Crippen molar-refractivity contribution in [1.82, 2.24) is 20.6 Å². The smallest absolute Gasteiger partial charge is 0.243 e. The molecule has 5 atom stereocenters. The Morgan fingerprint density at radius 2 is 1.60 bits per heavy atom. The van der Waals surface area contributed by atoms with Crippen molar-refractivity contribution in [3.8, 4) is 0 Å². The first-order valence-electron chi connectivity index (χ1n) is 16.9. The number of aromatic nitrogens is 2. The standard InChI is InChI=1S/C36H56N4O5/c1-6-26(7-2)32(42)33(43)29(19-25-16-12-9-13-17-25)39-35(45)30(21-28-22-37-23-38-28)40-34(44)27(20-31(41)36(3,4)5)18-24-14-10-8-11-15-24/h8,10-11,14-15,22-23,25-27,29-30,32-33,42-43H,6-7,9,12-13,16-21H2,1-5H3,(H,37,38)(H,39,45)(H,40,44)/t27-,29+,30+,32?,33-/m1/s1. The predicted molar refractivity (Wildman–Crippen MR) is 176 cm³/mol. The van der Waals surface area contributed by atoms with Gasteiger partial charge in [-0.05, 0) is 30.2 Å². The van der Waals surface area contributed by atoms with Gasteiger partial charge < -0.3 is 25.8 Å². The summed E-state index contributed by atoms with van der Waals surface area (Å²) in [6, 6.07) is 7.90. The highest BCUT2D eigenvalue weighted by Crippen LogP contribution is 2.30. The lowest BCUT2D eigenvalue weighted by atomic mass is 9.81. The first-order valence-corrected chi connectivity index (χ1v) is 16.9. The van der Waals surface area contributed by atoms with Crippen molar-refractivity contribution in [2.45, 2.75) is 130 Å². The van der Waals surface area contributed by atoms with Gasteiger partial charge in [0.15, 0.2) is 0 Å². The Kier molecular flexibility index (Phi) is 14.2. The third kappa shape index (κ3) is 11.4. The van der Waals surface area contributed by atoms with Gasteiger partial charge in [0, 0.05) is 30.4 Å². The summed E-state index contributed by atoms with van der Waals surface area (Å²) in [5.74, 6) is -1.28. The van der Waals surface area contributed by atoms with Crippen LogP contribution in [0.4, 0.5) is 0 Å². The fourth-order valence-electron chi connectivity index (χ4n) is 6.43. The summed E-state index contributed by atoms with van der Waals surface area (Å²) in [6.45, 7) is 9.51. The molecule has 0 spiro atoms. The van der Waals surface area contributed by atoms with Crippen molar-refractivity contribution in [2.75, 3.05) is 0 Å². The van der Waals surface area contributed by atoms with E-state index in [1.165, 1.54) is 12.7 Å². The number of aromatic amines is 1. The lowest BCUT2D eigenvalue weighted by Crippen LogP contribution is -2.57. The Morgan fingerprint density at radius 1 is 0.933 bits per heavy atom. The van der Waals surface area contributed by atoms with Crippen molar-refractivity contribution in [2.24, 2.45) is 23.2 Å². The molecule has 0 aliphatic heterocycles. The van der Waals surface area contributed by atoms with Gasteiger partial charge in [0.25, 0.3) is 0 Å². The van der Waals surface area contributed by atoms with Gasteiger partial charge in [-0.3, -0.25) is 14.4 Å². The van der Waals surface area contributed by atoms with Gasteiger partial charge in [-0.25, -0.2) is 4.98 Å². The Bertz CT molecular complexity index is 1170. The van der Waals surface area contributed by atoms with E-state index >= 15 is 0 Å². The van der Waals surface area contributed by atoms with E-state index in [1.54, 1.807) is 6.20 Å². The lowest BCUT2D eigenvalue weighted by molar-refractivity contribution is -0.135. The molecule has 1 heterocycles. The van der Waals surface area contributed by atoms with E-state index in [0.717, 1.165) is 31.2 Å². The molecule has 9 heteroatoms. The van der Waals surface area contributed by atoms with Crippen molar-refractivity contribution in [1.29, 1.82) is 0 Å². The van der Waals surface area contributed by atoms with Crippen LogP contribution in [-0.4, -0.2) is 62.1 Å². The quantitative estimate of drug-likeness (QED) is 0.169. The van der Waals surface area contributed by atoms with Crippen LogP contribution in [0.1, 0.15) is 104 Å². The summed E-state index contributed by atoms with van der Waals surface area (Å²) < 4.78 is 0. The van der Waals surface area contributed by atoms with Gasteiger partial charge >= 0.3 is 0 Å². The van der Waals surface area contributed by atoms with Crippen molar-refractivity contribution < 1.29 is 24.6 Å². The number of nitrogens with one attached hydrogen (secondary N) is 3. The molecule has 1 saturated carbocycles. The number of imidazole rings is 1. The number of hydrogen-bond donors (Lipinski definition) is 5. The molecule has 1 aromatic heterocycles. The number of Topliss-reactive ketones (excluding diaryl/α,β-unsaturated/α-hetero) is 1. The fraction of sp³-hybridized carbons (Fsp3) is 0.667.